The number of anilines is 2. The summed E-state index contributed by atoms with van der Waals surface area (Å²) < 4.78 is 17.8. The maximum Gasteiger partial charge on any atom is 0.269 e. The number of non-ortho nitro benzene ring substituents is 1. The fraction of sp³-hybridized carbons (Fsp3) is 0.333. The minimum atomic E-state index is -0.420. The fourth-order valence-corrected chi connectivity index (χ4v) is 4.84. The molecule has 14 nitrogen and oxygen atoms in total. The van der Waals surface area contributed by atoms with Crippen LogP contribution in [0.4, 0.5) is 17.5 Å². The van der Waals surface area contributed by atoms with Crippen LogP contribution in [0.3, 0.4) is 0 Å². The summed E-state index contributed by atoms with van der Waals surface area (Å²) in [5.41, 5.74) is 3.12. The Hall–Kier alpha value is -4.98. The summed E-state index contributed by atoms with van der Waals surface area (Å²) >= 11 is 0. The average Bonchev–Trinajstić information content (AvgIpc) is 3.63. The van der Waals surface area contributed by atoms with Crippen molar-refractivity contribution in [1.29, 1.82) is 0 Å². The molecule has 4 aromatic rings. The number of carbonyl (C=O) groups is 1. The standard InChI is InChI=1S/C27H28N8O6/c1-39-15-23(36)32-8-10-33(11-9-32)27-30-25(28-13-19-4-7-21-22(12-19)41-17-40-21)24-26(31-27)34(16-29-24)14-18-2-5-20(6-3-18)35(37)38/h2-7,12,16H,8-11,13-15,17H2,1H3,(H,28,30,31). The number of nitrogens with zero attached hydrogens (tertiary/aromatic N) is 7. The number of carbonyl (C=O) groups excluding carboxylic acids is 1. The number of rotatable bonds is 9. The van der Waals surface area contributed by atoms with Gasteiger partial charge >= 0.3 is 0 Å². The summed E-state index contributed by atoms with van der Waals surface area (Å²) in [6.45, 7) is 3.36. The third-order valence-electron chi connectivity index (χ3n) is 7.03. The molecule has 4 heterocycles. The van der Waals surface area contributed by atoms with E-state index < -0.39 is 4.92 Å². The smallest absolute Gasteiger partial charge is 0.269 e. The van der Waals surface area contributed by atoms with Gasteiger partial charge in [-0.05, 0) is 23.3 Å². The van der Waals surface area contributed by atoms with E-state index in [-0.39, 0.29) is 25.0 Å². The number of amides is 1. The maximum absolute atomic E-state index is 12.3. The van der Waals surface area contributed by atoms with E-state index >= 15 is 0 Å². The Kier molecular flexibility index (Phi) is 7.20. The highest BCUT2D eigenvalue weighted by Gasteiger charge is 2.24. The lowest BCUT2D eigenvalue weighted by Crippen LogP contribution is -2.50. The van der Waals surface area contributed by atoms with Gasteiger partial charge in [0.05, 0.1) is 17.8 Å². The van der Waals surface area contributed by atoms with Gasteiger partial charge in [0.2, 0.25) is 18.6 Å². The number of nitro benzene ring substituents is 1. The maximum atomic E-state index is 12.3. The highest BCUT2D eigenvalue weighted by molar-refractivity contribution is 5.84. The predicted molar refractivity (Wildman–Crippen MR) is 148 cm³/mol. The monoisotopic (exact) mass is 560 g/mol. The molecule has 0 aliphatic carbocycles. The highest BCUT2D eigenvalue weighted by Crippen LogP contribution is 2.33. The summed E-state index contributed by atoms with van der Waals surface area (Å²) in [7, 11) is 1.51. The van der Waals surface area contributed by atoms with Gasteiger partial charge in [-0.2, -0.15) is 9.97 Å². The molecule has 2 aliphatic heterocycles. The van der Waals surface area contributed by atoms with Crippen molar-refractivity contribution in [1.82, 2.24) is 24.4 Å². The van der Waals surface area contributed by atoms with E-state index in [4.69, 9.17) is 24.2 Å². The van der Waals surface area contributed by atoms with Gasteiger partial charge in [0.15, 0.2) is 28.5 Å². The number of aromatic nitrogens is 4. The van der Waals surface area contributed by atoms with E-state index in [1.165, 1.54) is 19.2 Å². The average molecular weight is 561 g/mol. The molecule has 1 fully saturated rings. The SMILES string of the molecule is COCC(=O)N1CCN(c2nc(NCc3ccc4c(c3)OCO4)c3ncn(Cc4ccc([N+](=O)[O-])cc4)c3n2)CC1. The first-order valence-corrected chi connectivity index (χ1v) is 13.1. The molecular weight excluding hydrogens is 532 g/mol. The van der Waals surface area contributed by atoms with Gasteiger partial charge in [0.1, 0.15) is 6.61 Å². The van der Waals surface area contributed by atoms with Crippen LogP contribution in [0.25, 0.3) is 11.2 Å². The Bertz CT molecular complexity index is 1580. The summed E-state index contributed by atoms with van der Waals surface area (Å²) in [6.07, 6.45) is 1.69. The molecule has 0 radical (unpaired) electrons. The molecule has 212 valence electrons. The van der Waals surface area contributed by atoms with Crippen molar-refractivity contribution >= 4 is 34.5 Å². The van der Waals surface area contributed by atoms with E-state index in [0.717, 1.165) is 11.1 Å². The molecule has 2 aliphatic rings. The lowest BCUT2D eigenvalue weighted by atomic mass is 10.2. The van der Waals surface area contributed by atoms with E-state index in [1.807, 2.05) is 27.7 Å². The van der Waals surface area contributed by atoms with Crippen molar-refractivity contribution in [3.8, 4) is 11.5 Å². The largest absolute Gasteiger partial charge is 0.454 e. The molecule has 2 aromatic heterocycles. The summed E-state index contributed by atoms with van der Waals surface area (Å²) in [5.74, 6) is 2.47. The molecular formula is C27H28N8O6. The zero-order valence-corrected chi connectivity index (χ0v) is 22.4. The van der Waals surface area contributed by atoms with Crippen molar-refractivity contribution in [2.75, 3.05) is 56.9 Å². The second-order valence-electron chi connectivity index (χ2n) is 9.68. The number of benzene rings is 2. The first-order chi connectivity index (χ1) is 20.0. The van der Waals surface area contributed by atoms with E-state index in [0.29, 0.717) is 73.7 Å². The number of nitro groups is 1. The molecule has 0 unspecified atom stereocenters. The molecule has 41 heavy (non-hydrogen) atoms. The van der Waals surface area contributed by atoms with Crippen molar-refractivity contribution < 1.29 is 23.9 Å². The van der Waals surface area contributed by atoms with Gasteiger partial charge in [-0.25, -0.2) is 4.98 Å². The van der Waals surface area contributed by atoms with Crippen LogP contribution in [-0.2, 0) is 22.6 Å². The van der Waals surface area contributed by atoms with Crippen LogP contribution in [0.1, 0.15) is 11.1 Å². The van der Waals surface area contributed by atoms with Gasteiger partial charge in [-0.15, -0.1) is 0 Å². The van der Waals surface area contributed by atoms with Gasteiger partial charge in [0, 0.05) is 52.0 Å². The first kappa shape index (κ1) is 26.3. The van der Waals surface area contributed by atoms with Gasteiger partial charge in [-0.1, -0.05) is 18.2 Å². The number of ether oxygens (including phenoxy) is 3. The van der Waals surface area contributed by atoms with Gasteiger partial charge in [0.25, 0.3) is 5.69 Å². The third-order valence-corrected chi connectivity index (χ3v) is 7.03. The second-order valence-corrected chi connectivity index (χ2v) is 9.68. The van der Waals surface area contributed by atoms with Crippen LogP contribution in [0.2, 0.25) is 0 Å². The zero-order chi connectivity index (χ0) is 28.3. The summed E-state index contributed by atoms with van der Waals surface area (Å²) in [5, 5.41) is 14.5. The van der Waals surface area contributed by atoms with Crippen molar-refractivity contribution in [3.05, 3.63) is 70.0 Å². The van der Waals surface area contributed by atoms with Crippen LogP contribution in [0, 0.1) is 10.1 Å². The molecule has 14 heteroatoms. The Morgan fingerprint density at radius 1 is 1.05 bits per heavy atom. The first-order valence-electron chi connectivity index (χ1n) is 13.1. The highest BCUT2D eigenvalue weighted by atomic mass is 16.7. The van der Waals surface area contributed by atoms with Crippen LogP contribution >= 0.6 is 0 Å². The fourth-order valence-electron chi connectivity index (χ4n) is 4.84. The number of nitrogens with one attached hydrogen (secondary N) is 1. The minimum absolute atomic E-state index is 0.0342. The number of hydrogen-bond donors (Lipinski definition) is 1. The Balaban J connectivity index is 1.28. The molecule has 0 saturated carbocycles. The lowest BCUT2D eigenvalue weighted by Gasteiger charge is -2.34. The number of piperazine rings is 1. The van der Waals surface area contributed by atoms with Gasteiger partial charge in [-0.3, -0.25) is 14.9 Å². The van der Waals surface area contributed by atoms with E-state index in [2.05, 4.69) is 10.3 Å². The molecule has 1 saturated heterocycles. The molecule has 0 spiro atoms. The zero-order valence-electron chi connectivity index (χ0n) is 22.4. The molecule has 1 N–H and O–H groups in total. The minimum Gasteiger partial charge on any atom is -0.454 e. The number of fused-ring (bicyclic) bond motifs is 2. The number of methoxy groups -OCH3 is 1. The second kappa shape index (κ2) is 11.3. The molecule has 1 amide bonds. The number of imidazole rings is 1. The van der Waals surface area contributed by atoms with Crippen LogP contribution in [-0.4, -0.2) is 81.9 Å². The van der Waals surface area contributed by atoms with Crippen molar-refractivity contribution in [2.24, 2.45) is 0 Å². The molecule has 2 aromatic carbocycles. The Morgan fingerprint density at radius 3 is 2.56 bits per heavy atom. The molecule has 6 rings (SSSR count). The quantitative estimate of drug-likeness (QED) is 0.237. The van der Waals surface area contributed by atoms with Gasteiger partial charge < -0.3 is 33.9 Å². The third kappa shape index (κ3) is 5.54. The van der Waals surface area contributed by atoms with Crippen LogP contribution < -0.4 is 19.7 Å². The molecule has 0 bridgehead atoms. The summed E-state index contributed by atoms with van der Waals surface area (Å²) in [6, 6.07) is 12.2. The topological polar surface area (TPSA) is 150 Å². The number of hydrogen-bond acceptors (Lipinski definition) is 11. The predicted octanol–water partition coefficient (Wildman–Crippen LogP) is 2.42. The van der Waals surface area contributed by atoms with Crippen molar-refractivity contribution in [3.63, 3.8) is 0 Å². The molecule has 0 atom stereocenters. The Labute approximate surface area is 234 Å². The van der Waals surface area contributed by atoms with E-state index in [9.17, 15) is 14.9 Å². The van der Waals surface area contributed by atoms with Crippen molar-refractivity contribution in [2.45, 2.75) is 13.1 Å². The normalized spacial score (nSPS) is 14.5. The van der Waals surface area contributed by atoms with Crippen LogP contribution in [0.15, 0.2) is 48.8 Å². The Morgan fingerprint density at radius 2 is 1.80 bits per heavy atom. The van der Waals surface area contributed by atoms with Crippen LogP contribution in [0.5, 0.6) is 11.5 Å². The lowest BCUT2D eigenvalue weighted by molar-refractivity contribution is -0.384. The summed E-state index contributed by atoms with van der Waals surface area (Å²) in [4.78, 5) is 41.1. The van der Waals surface area contributed by atoms with E-state index in [1.54, 1.807) is 23.4 Å².